The third-order valence-electron chi connectivity index (χ3n) is 5.61. The van der Waals surface area contributed by atoms with Crippen LogP contribution in [-0.2, 0) is 16.4 Å². The van der Waals surface area contributed by atoms with E-state index in [0.29, 0.717) is 19.0 Å². The second-order valence-electron chi connectivity index (χ2n) is 7.77. The number of hydrogen-bond donors (Lipinski definition) is 1. The summed E-state index contributed by atoms with van der Waals surface area (Å²) in [5, 5.41) is 5.11. The monoisotopic (exact) mass is 432 g/mol. The number of aryl methyl sites for hydroxylation is 1. The first-order valence-corrected chi connectivity index (χ1v) is 12.2. The normalized spacial score (nSPS) is 15.8. The molecule has 1 heterocycles. The van der Waals surface area contributed by atoms with Gasteiger partial charge in [0.05, 0.1) is 11.5 Å². The number of likely N-dealkylation sites (tertiary alicyclic amines) is 1. The highest BCUT2D eigenvalue weighted by atomic mass is 32.2. The van der Waals surface area contributed by atoms with Crippen LogP contribution in [0.15, 0.2) is 53.4 Å². The summed E-state index contributed by atoms with van der Waals surface area (Å²) in [6.07, 6.45) is 4.80. The molecule has 0 saturated carbocycles. The van der Waals surface area contributed by atoms with Crippen molar-refractivity contribution in [1.82, 2.24) is 4.90 Å². The Morgan fingerprint density at radius 3 is 2.17 bits per heavy atom. The van der Waals surface area contributed by atoms with Gasteiger partial charge in [0.1, 0.15) is 18.1 Å². The molecule has 1 fully saturated rings. The molecule has 164 valence electrons. The molecule has 6 nitrogen and oxygen atoms in total. The van der Waals surface area contributed by atoms with Gasteiger partial charge in [-0.05, 0) is 93.6 Å². The number of benzene rings is 2. The summed E-state index contributed by atoms with van der Waals surface area (Å²) in [4.78, 5) is 2.54. The van der Waals surface area contributed by atoms with Crippen LogP contribution in [0.25, 0.3) is 0 Å². The molecule has 0 amide bonds. The number of rotatable bonds is 10. The maximum absolute atomic E-state index is 11.3. The van der Waals surface area contributed by atoms with Crippen molar-refractivity contribution in [3.63, 3.8) is 0 Å². The molecule has 2 aromatic rings. The van der Waals surface area contributed by atoms with E-state index >= 15 is 0 Å². The van der Waals surface area contributed by atoms with Crippen molar-refractivity contribution in [3.8, 4) is 11.5 Å². The van der Waals surface area contributed by atoms with Gasteiger partial charge in [-0.3, -0.25) is 4.90 Å². The van der Waals surface area contributed by atoms with E-state index in [0.717, 1.165) is 37.7 Å². The molecule has 30 heavy (non-hydrogen) atoms. The number of primary sulfonamides is 1. The van der Waals surface area contributed by atoms with E-state index in [2.05, 4.69) is 29.2 Å². The standard InChI is InChI=1S/C23H32N2O4S/c1-2-28-21-7-5-19(6-8-21)3-4-20-13-15-25(16-14-20)17-18-29-22-9-11-23(12-10-22)30(24,26)27/h5-12,20H,2-4,13-18H2,1H3,(H2,24,26,27). The molecular formula is C23H32N2O4S. The quantitative estimate of drug-likeness (QED) is 0.622. The van der Waals surface area contributed by atoms with Gasteiger partial charge in [-0.2, -0.15) is 0 Å². The minimum atomic E-state index is -3.66. The van der Waals surface area contributed by atoms with E-state index in [1.54, 1.807) is 12.1 Å². The topological polar surface area (TPSA) is 81.9 Å². The third kappa shape index (κ3) is 7.00. The largest absolute Gasteiger partial charge is 0.494 e. The molecule has 0 radical (unpaired) electrons. The Labute approximate surface area is 180 Å². The Hall–Kier alpha value is -2.09. The first kappa shape index (κ1) is 22.6. The van der Waals surface area contributed by atoms with E-state index in [1.807, 2.05) is 6.92 Å². The number of nitrogens with zero attached hydrogens (tertiary/aromatic N) is 1. The zero-order valence-corrected chi connectivity index (χ0v) is 18.4. The van der Waals surface area contributed by atoms with Crippen molar-refractivity contribution in [2.24, 2.45) is 11.1 Å². The number of sulfonamides is 1. The van der Waals surface area contributed by atoms with Gasteiger partial charge in [0, 0.05) is 6.54 Å². The molecule has 7 heteroatoms. The fraction of sp³-hybridized carbons (Fsp3) is 0.478. The van der Waals surface area contributed by atoms with Crippen molar-refractivity contribution in [3.05, 3.63) is 54.1 Å². The average Bonchev–Trinajstić information content (AvgIpc) is 2.74. The van der Waals surface area contributed by atoms with E-state index < -0.39 is 10.0 Å². The molecule has 0 bridgehead atoms. The van der Waals surface area contributed by atoms with Crippen LogP contribution >= 0.6 is 0 Å². The molecule has 2 aromatic carbocycles. The molecule has 2 N–H and O–H groups in total. The summed E-state index contributed by atoms with van der Waals surface area (Å²) < 4.78 is 33.8. The van der Waals surface area contributed by atoms with Gasteiger partial charge in [-0.1, -0.05) is 12.1 Å². The molecular weight excluding hydrogens is 400 g/mol. The first-order valence-electron chi connectivity index (χ1n) is 10.6. The van der Waals surface area contributed by atoms with Crippen molar-refractivity contribution in [1.29, 1.82) is 0 Å². The minimum Gasteiger partial charge on any atom is -0.494 e. The minimum absolute atomic E-state index is 0.0992. The van der Waals surface area contributed by atoms with Crippen LogP contribution in [0.3, 0.4) is 0 Å². The lowest BCUT2D eigenvalue weighted by Gasteiger charge is -2.31. The summed E-state index contributed by atoms with van der Waals surface area (Å²) >= 11 is 0. The molecule has 3 rings (SSSR count). The van der Waals surface area contributed by atoms with Crippen LogP contribution in [0.5, 0.6) is 11.5 Å². The zero-order valence-electron chi connectivity index (χ0n) is 17.6. The third-order valence-corrected chi connectivity index (χ3v) is 6.54. The van der Waals surface area contributed by atoms with E-state index in [-0.39, 0.29) is 4.90 Å². The fourth-order valence-electron chi connectivity index (χ4n) is 3.81. The van der Waals surface area contributed by atoms with Crippen LogP contribution in [0, 0.1) is 5.92 Å². The molecule has 0 spiro atoms. The summed E-state index contributed by atoms with van der Waals surface area (Å²) in [6, 6.07) is 14.7. The maximum atomic E-state index is 11.3. The van der Waals surface area contributed by atoms with Gasteiger partial charge in [0.15, 0.2) is 0 Å². The number of nitrogens with two attached hydrogens (primary N) is 1. The van der Waals surface area contributed by atoms with Crippen molar-refractivity contribution < 1.29 is 17.9 Å². The van der Waals surface area contributed by atoms with Gasteiger partial charge in [-0.25, -0.2) is 13.6 Å². The van der Waals surface area contributed by atoms with Crippen LogP contribution in [-0.4, -0.2) is 46.2 Å². The fourth-order valence-corrected chi connectivity index (χ4v) is 4.32. The second-order valence-corrected chi connectivity index (χ2v) is 9.33. The Morgan fingerprint density at radius 1 is 0.967 bits per heavy atom. The molecule has 0 aliphatic carbocycles. The number of ether oxygens (including phenoxy) is 2. The lowest BCUT2D eigenvalue weighted by molar-refractivity contribution is 0.151. The number of piperidine rings is 1. The molecule has 1 aliphatic rings. The maximum Gasteiger partial charge on any atom is 0.238 e. The van der Waals surface area contributed by atoms with Crippen LogP contribution in [0.2, 0.25) is 0 Å². The predicted octanol–water partition coefficient (Wildman–Crippen LogP) is 3.46. The predicted molar refractivity (Wildman–Crippen MR) is 118 cm³/mol. The SMILES string of the molecule is CCOc1ccc(CCC2CCN(CCOc3ccc(S(N)(=O)=O)cc3)CC2)cc1. The lowest BCUT2D eigenvalue weighted by atomic mass is 9.90. The van der Waals surface area contributed by atoms with Gasteiger partial charge in [0.25, 0.3) is 0 Å². The highest BCUT2D eigenvalue weighted by Gasteiger charge is 2.19. The van der Waals surface area contributed by atoms with Crippen LogP contribution < -0.4 is 14.6 Å². The van der Waals surface area contributed by atoms with E-state index in [4.69, 9.17) is 14.6 Å². The Morgan fingerprint density at radius 2 is 1.57 bits per heavy atom. The Bertz CT molecular complexity index is 874. The van der Waals surface area contributed by atoms with Gasteiger partial charge >= 0.3 is 0 Å². The average molecular weight is 433 g/mol. The van der Waals surface area contributed by atoms with Crippen LogP contribution in [0.1, 0.15) is 31.7 Å². The van der Waals surface area contributed by atoms with Gasteiger partial charge in [0.2, 0.25) is 10.0 Å². The molecule has 0 atom stereocenters. The van der Waals surface area contributed by atoms with Gasteiger partial charge in [-0.15, -0.1) is 0 Å². The second kappa shape index (κ2) is 10.8. The highest BCUT2D eigenvalue weighted by molar-refractivity contribution is 7.89. The number of hydrogen-bond acceptors (Lipinski definition) is 5. The highest BCUT2D eigenvalue weighted by Crippen LogP contribution is 2.23. The molecule has 1 aliphatic heterocycles. The zero-order chi connectivity index (χ0) is 21.4. The van der Waals surface area contributed by atoms with Gasteiger partial charge < -0.3 is 9.47 Å². The Balaban J connectivity index is 1.32. The summed E-state index contributed by atoms with van der Waals surface area (Å²) in [5.74, 6) is 2.38. The summed E-state index contributed by atoms with van der Waals surface area (Å²) in [6.45, 7) is 6.37. The van der Waals surface area contributed by atoms with E-state index in [1.165, 1.54) is 37.0 Å². The van der Waals surface area contributed by atoms with E-state index in [9.17, 15) is 8.42 Å². The van der Waals surface area contributed by atoms with Crippen LogP contribution in [0.4, 0.5) is 0 Å². The summed E-state index contributed by atoms with van der Waals surface area (Å²) in [5.41, 5.74) is 1.38. The summed E-state index contributed by atoms with van der Waals surface area (Å²) in [7, 11) is -3.66. The molecule has 0 unspecified atom stereocenters. The Kier molecular flexibility index (Phi) is 8.13. The molecule has 0 aromatic heterocycles. The van der Waals surface area contributed by atoms with Crippen molar-refractivity contribution >= 4 is 10.0 Å². The van der Waals surface area contributed by atoms with Crippen molar-refractivity contribution in [2.45, 2.75) is 37.5 Å². The first-order chi connectivity index (χ1) is 14.4. The van der Waals surface area contributed by atoms with Crippen molar-refractivity contribution in [2.75, 3.05) is 32.8 Å². The molecule has 1 saturated heterocycles. The smallest absolute Gasteiger partial charge is 0.238 e. The lowest BCUT2D eigenvalue weighted by Crippen LogP contribution is -2.36.